The van der Waals surface area contributed by atoms with Crippen LogP contribution in [0.2, 0.25) is 0 Å². The first-order valence-corrected chi connectivity index (χ1v) is 11.6. The van der Waals surface area contributed by atoms with Gasteiger partial charge < -0.3 is 14.8 Å². The molecule has 2 atom stereocenters. The highest BCUT2D eigenvalue weighted by Gasteiger charge is 2.54. The summed E-state index contributed by atoms with van der Waals surface area (Å²) in [4.78, 5) is 29.2. The second-order valence-corrected chi connectivity index (χ2v) is 9.20. The third kappa shape index (κ3) is 4.83. The number of amides is 3. The first-order valence-electron chi connectivity index (χ1n) is 11.6. The van der Waals surface area contributed by atoms with Crippen LogP contribution in [-0.4, -0.2) is 48.1 Å². The van der Waals surface area contributed by atoms with Crippen molar-refractivity contribution >= 4 is 11.9 Å². The third-order valence-corrected chi connectivity index (χ3v) is 6.80. The number of benzene rings is 2. The van der Waals surface area contributed by atoms with Crippen molar-refractivity contribution in [1.82, 2.24) is 15.1 Å². The molecule has 4 rings (SSSR count). The number of carbonyl (C=O) groups is 2. The maximum Gasteiger partial charge on any atom is 0.326 e. The smallest absolute Gasteiger partial charge is 0.326 e. The molecule has 33 heavy (non-hydrogen) atoms. The van der Waals surface area contributed by atoms with E-state index in [-0.39, 0.29) is 24.5 Å². The standard InChI is InChI=1S/C26H33N3O4/c1-19-9-7-8-14-26(19)24(30)29(25(31)27-26)18-28(2)16-21-12-13-22(23(15-21)32-3)33-17-20-10-5-4-6-11-20/h4-6,10-13,15,19H,7-9,14,16-18H2,1-3H3,(H,27,31). The Morgan fingerprint density at radius 1 is 1.09 bits per heavy atom. The molecule has 2 unspecified atom stereocenters. The normalized spacial score (nSPS) is 22.7. The zero-order chi connectivity index (χ0) is 23.4. The number of nitrogens with one attached hydrogen (secondary N) is 1. The number of nitrogens with zero attached hydrogens (tertiary/aromatic N) is 2. The van der Waals surface area contributed by atoms with E-state index >= 15 is 0 Å². The Morgan fingerprint density at radius 3 is 2.61 bits per heavy atom. The number of carbonyl (C=O) groups excluding carboxylic acids is 2. The van der Waals surface area contributed by atoms with Crippen molar-refractivity contribution in [2.45, 2.75) is 51.3 Å². The quantitative estimate of drug-likeness (QED) is 0.610. The highest BCUT2D eigenvalue weighted by molar-refractivity contribution is 6.07. The minimum absolute atomic E-state index is 0.0891. The van der Waals surface area contributed by atoms with Gasteiger partial charge in [0, 0.05) is 6.54 Å². The second kappa shape index (κ2) is 9.83. The molecule has 3 amide bonds. The summed E-state index contributed by atoms with van der Waals surface area (Å²) in [5.74, 6) is 1.40. The maximum atomic E-state index is 13.2. The maximum absolute atomic E-state index is 13.2. The van der Waals surface area contributed by atoms with Crippen molar-refractivity contribution < 1.29 is 19.1 Å². The van der Waals surface area contributed by atoms with Gasteiger partial charge in [0.05, 0.1) is 13.8 Å². The molecule has 7 heteroatoms. The lowest BCUT2D eigenvalue weighted by molar-refractivity contribution is -0.135. The molecule has 2 aromatic rings. The molecule has 176 valence electrons. The molecule has 2 aromatic carbocycles. The van der Waals surface area contributed by atoms with E-state index in [4.69, 9.17) is 9.47 Å². The van der Waals surface area contributed by atoms with Crippen LogP contribution in [0.1, 0.15) is 43.7 Å². The SMILES string of the molecule is COc1cc(CN(C)CN2C(=O)NC3(CCCCC3C)C2=O)ccc1OCc1ccccc1. The molecule has 0 bridgehead atoms. The Kier molecular flexibility index (Phi) is 6.88. The number of methoxy groups -OCH3 is 1. The van der Waals surface area contributed by atoms with Crippen LogP contribution in [0.25, 0.3) is 0 Å². The topological polar surface area (TPSA) is 71.1 Å². The van der Waals surface area contributed by atoms with Crippen molar-refractivity contribution in [3.05, 3.63) is 59.7 Å². The van der Waals surface area contributed by atoms with E-state index in [1.807, 2.05) is 60.5 Å². The number of imide groups is 1. The predicted molar refractivity (Wildman–Crippen MR) is 126 cm³/mol. The minimum atomic E-state index is -0.725. The lowest BCUT2D eigenvalue weighted by Crippen LogP contribution is -2.54. The number of hydrogen-bond donors (Lipinski definition) is 1. The van der Waals surface area contributed by atoms with E-state index < -0.39 is 5.54 Å². The van der Waals surface area contributed by atoms with Crippen molar-refractivity contribution in [2.75, 3.05) is 20.8 Å². The molecule has 1 saturated carbocycles. The Hall–Kier alpha value is -3.06. The molecular weight excluding hydrogens is 418 g/mol. The zero-order valence-electron chi connectivity index (χ0n) is 19.7. The van der Waals surface area contributed by atoms with Crippen LogP contribution in [0.5, 0.6) is 11.5 Å². The Labute approximate surface area is 195 Å². The summed E-state index contributed by atoms with van der Waals surface area (Å²) in [5.41, 5.74) is 1.37. The summed E-state index contributed by atoms with van der Waals surface area (Å²) in [6, 6.07) is 15.5. The fourth-order valence-electron chi connectivity index (χ4n) is 4.89. The number of rotatable bonds is 8. The molecule has 0 aromatic heterocycles. The number of ether oxygens (including phenoxy) is 2. The highest BCUT2D eigenvalue weighted by atomic mass is 16.5. The summed E-state index contributed by atoms with van der Waals surface area (Å²) in [7, 11) is 3.53. The minimum Gasteiger partial charge on any atom is -0.493 e. The van der Waals surface area contributed by atoms with Crippen molar-refractivity contribution in [3.63, 3.8) is 0 Å². The third-order valence-electron chi connectivity index (χ3n) is 6.80. The Balaban J connectivity index is 1.38. The molecule has 2 aliphatic rings. The lowest BCUT2D eigenvalue weighted by Gasteiger charge is -2.37. The Bertz CT molecular complexity index is 996. The van der Waals surface area contributed by atoms with Gasteiger partial charge in [0.2, 0.25) is 0 Å². The van der Waals surface area contributed by atoms with Crippen LogP contribution in [0, 0.1) is 5.92 Å². The average molecular weight is 452 g/mol. The summed E-state index contributed by atoms with van der Waals surface area (Å²) >= 11 is 0. The lowest BCUT2D eigenvalue weighted by atomic mass is 9.73. The molecule has 2 fully saturated rings. The zero-order valence-corrected chi connectivity index (χ0v) is 19.7. The Morgan fingerprint density at radius 2 is 1.88 bits per heavy atom. The van der Waals surface area contributed by atoms with Gasteiger partial charge >= 0.3 is 6.03 Å². The molecule has 1 aliphatic carbocycles. The largest absolute Gasteiger partial charge is 0.493 e. The van der Waals surface area contributed by atoms with E-state index in [0.29, 0.717) is 24.7 Å². The molecule has 1 spiro atoms. The van der Waals surface area contributed by atoms with Gasteiger partial charge in [-0.15, -0.1) is 0 Å². The van der Waals surface area contributed by atoms with Gasteiger partial charge in [-0.1, -0.05) is 56.2 Å². The molecule has 1 N–H and O–H groups in total. The predicted octanol–water partition coefficient (Wildman–Crippen LogP) is 4.16. The van der Waals surface area contributed by atoms with Crippen LogP contribution in [0.3, 0.4) is 0 Å². The summed E-state index contributed by atoms with van der Waals surface area (Å²) in [6.45, 7) is 3.34. The van der Waals surface area contributed by atoms with E-state index in [0.717, 1.165) is 36.8 Å². The first-order chi connectivity index (χ1) is 15.9. The summed E-state index contributed by atoms with van der Waals surface area (Å²) in [5, 5.41) is 3.02. The fraction of sp³-hybridized carbons (Fsp3) is 0.462. The fourth-order valence-corrected chi connectivity index (χ4v) is 4.89. The second-order valence-electron chi connectivity index (χ2n) is 9.20. The molecule has 1 aliphatic heterocycles. The molecule has 0 radical (unpaired) electrons. The van der Waals surface area contributed by atoms with Crippen molar-refractivity contribution in [2.24, 2.45) is 5.92 Å². The molecular formula is C26H33N3O4. The van der Waals surface area contributed by atoms with E-state index in [1.165, 1.54) is 4.90 Å². The monoisotopic (exact) mass is 451 g/mol. The van der Waals surface area contributed by atoms with Gasteiger partial charge in [-0.2, -0.15) is 0 Å². The van der Waals surface area contributed by atoms with Gasteiger partial charge in [0.1, 0.15) is 12.1 Å². The van der Waals surface area contributed by atoms with Crippen LogP contribution in [0.4, 0.5) is 4.79 Å². The molecule has 7 nitrogen and oxygen atoms in total. The van der Waals surface area contributed by atoms with E-state index in [9.17, 15) is 9.59 Å². The van der Waals surface area contributed by atoms with Crippen molar-refractivity contribution in [3.8, 4) is 11.5 Å². The molecule has 1 heterocycles. The van der Waals surface area contributed by atoms with Crippen LogP contribution >= 0.6 is 0 Å². The highest BCUT2D eigenvalue weighted by Crippen LogP contribution is 2.38. The van der Waals surface area contributed by atoms with Gasteiger partial charge in [0.25, 0.3) is 5.91 Å². The average Bonchev–Trinajstić information content (AvgIpc) is 3.05. The summed E-state index contributed by atoms with van der Waals surface area (Å²) < 4.78 is 11.5. The summed E-state index contributed by atoms with van der Waals surface area (Å²) in [6.07, 6.45) is 3.77. The van der Waals surface area contributed by atoms with Crippen molar-refractivity contribution in [1.29, 1.82) is 0 Å². The number of urea groups is 1. The van der Waals surface area contributed by atoms with Gasteiger partial charge in [-0.25, -0.2) is 9.69 Å². The van der Waals surface area contributed by atoms with Crippen LogP contribution in [0.15, 0.2) is 48.5 Å². The molecule has 1 saturated heterocycles. The van der Waals surface area contributed by atoms with Crippen LogP contribution < -0.4 is 14.8 Å². The van der Waals surface area contributed by atoms with Gasteiger partial charge in [-0.3, -0.25) is 9.69 Å². The van der Waals surface area contributed by atoms with E-state index in [2.05, 4.69) is 12.2 Å². The van der Waals surface area contributed by atoms with Gasteiger partial charge in [-0.05, 0) is 49.1 Å². The van der Waals surface area contributed by atoms with Gasteiger partial charge in [0.15, 0.2) is 11.5 Å². The van der Waals surface area contributed by atoms with Crippen LogP contribution in [-0.2, 0) is 17.9 Å². The first kappa shape index (κ1) is 23.1. The number of hydrogen-bond acceptors (Lipinski definition) is 5. The van der Waals surface area contributed by atoms with E-state index in [1.54, 1.807) is 7.11 Å².